The van der Waals surface area contributed by atoms with Gasteiger partial charge < -0.3 is 29.4 Å². The van der Waals surface area contributed by atoms with Gasteiger partial charge in [-0.25, -0.2) is 4.99 Å². The first-order chi connectivity index (χ1) is 14.7. The van der Waals surface area contributed by atoms with Crippen LogP contribution in [0.25, 0.3) is 0 Å². The predicted molar refractivity (Wildman–Crippen MR) is 111 cm³/mol. The number of para-hydroxylation sites is 4. The molecule has 5 rings (SSSR count). The molecule has 8 nitrogen and oxygen atoms in total. The zero-order valence-electron chi connectivity index (χ0n) is 16.3. The van der Waals surface area contributed by atoms with Crippen LogP contribution in [-0.2, 0) is 14.3 Å². The van der Waals surface area contributed by atoms with Gasteiger partial charge in [-0.05, 0) is 24.3 Å². The van der Waals surface area contributed by atoms with Gasteiger partial charge in [-0.1, -0.05) is 24.3 Å². The summed E-state index contributed by atoms with van der Waals surface area (Å²) < 4.78 is 22.5. The van der Waals surface area contributed by atoms with E-state index in [0.29, 0.717) is 62.5 Å². The number of hydrogen-bond acceptors (Lipinski definition) is 8. The number of aliphatic hydroxyl groups excluding tert-OH is 1. The highest BCUT2D eigenvalue weighted by Crippen LogP contribution is 2.33. The fourth-order valence-corrected chi connectivity index (χ4v) is 2.97. The first-order valence-electron chi connectivity index (χ1n) is 9.67. The Labute approximate surface area is 173 Å². The van der Waals surface area contributed by atoms with Crippen molar-refractivity contribution in [2.24, 2.45) is 4.99 Å². The molecule has 0 spiro atoms. The van der Waals surface area contributed by atoms with Crippen LogP contribution in [0.2, 0.25) is 0 Å². The Morgan fingerprint density at radius 2 is 1.40 bits per heavy atom. The summed E-state index contributed by atoms with van der Waals surface area (Å²) >= 11 is 0. The van der Waals surface area contributed by atoms with Gasteiger partial charge in [0.05, 0.1) is 32.1 Å². The van der Waals surface area contributed by atoms with Crippen molar-refractivity contribution < 1.29 is 28.8 Å². The number of carbonyl (C=O) groups is 1. The highest BCUT2D eigenvalue weighted by atomic mass is 16.6. The number of aliphatic imine (C=N–C) groups is 1. The van der Waals surface area contributed by atoms with Gasteiger partial charge in [0.1, 0.15) is 36.1 Å². The van der Waals surface area contributed by atoms with E-state index in [1.54, 1.807) is 30.3 Å². The normalized spacial score (nSPS) is 18.0. The van der Waals surface area contributed by atoms with Crippen LogP contribution in [0.15, 0.2) is 65.0 Å². The average Bonchev–Trinajstić information content (AvgIpc) is 2.78. The molecular formula is C22H22N2O6. The number of rotatable bonds is 0. The number of fused-ring (bicyclic) bond motifs is 9. The van der Waals surface area contributed by atoms with E-state index >= 15 is 0 Å². The summed E-state index contributed by atoms with van der Waals surface area (Å²) in [5.41, 5.74) is 1.08. The van der Waals surface area contributed by atoms with E-state index in [9.17, 15) is 9.90 Å². The lowest BCUT2D eigenvalue weighted by molar-refractivity contribution is -0.110. The Morgan fingerprint density at radius 3 is 2.13 bits per heavy atom. The van der Waals surface area contributed by atoms with E-state index < -0.39 is 0 Å². The monoisotopic (exact) mass is 410 g/mol. The third-order valence-corrected chi connectivity index (χ3v) is 4.49. The number of hydrogen-bond donors (Lipinski definition) is 2. The smallest absolute Gasteiger partial charge is 0.235 e. The number of carbonyl (C=O) groups excluding carboxylic acids is 1. The molecule has 3 aliphatic rings. The van der Waals surface area contributed by atoms with Gasteiger partial charge in [0.25, 0.3) is 0 Å². The molecule has 8 heteroatoms. The molecule has 0 radical (unpaired) electrons. The highest BCUT2D eigenvalue weighted by Gasteiger charge is 2.36. The second-order valence-corrected chi connectivity index (χ2v) is 6.52. The van der Waals surface area contributed by atoms with Crippen LogP contribution in [0.3, 0.4) is 0 Å². The molecule has 0 atom stereocenters. The summed E-state index contributed by atoms with van der Waals surface area (Å²) in [4.78, 5) is 16.9. The molecule has 2 aromatic carbocycles. The van der Waals surface area contributed by atoms with Gasteiger partial charge in [0, 0.05) is 0 Å². The maximum atomic E-state index is 12.6. The summed E-state index contributed by atoms with van der Waals surface area (Å²) in [5.74, 6) is 0.465. The first-order valence-corrected chi connectivity index (χ1v) is 9.67. The molecule has 2 N–H and O–H groups in total. The van der Waals surface area contributed by atoms with E-state index in [1.807, 2.05) is 18.2 Å². The molecule has 2 aromatic rings. The number of nitrogens with zero attached hydrogens (tertiary/aromatic N) is 1. The van der Waals surface area contributed by atoms with Crippen molar-refractivity contribution in [2.45, 2.75) is 0 Å². The van der Waals surface area contributed by atoms with Gasteiger partial charge in [-0.15, -0.1) is 0 Å². The Bertz CT molecular complexity index is 985. The van der Waals surface area contributed by atoms with Crippen molar-refractivity contribution in [3.8, 4) is 11.5 Å². The lowest BCUT2D eigenvalue weighted by Crippen LogP contribution is -2.35. The van der Waals surface area contributed by atoms with Crippen LogP contribution < -0.4 is 14.8 Å². The third kappa shape index (κ3) is 4.45. The van der Waals surface area contributed by atoms with Crippen LogP contribution in [0.1, 0.15) is 0 Å². The largest absolute Gasteiger partial charge is 0.504 e. The highest BCUT2D eigenvalue weighted by molar-refractivity contribution is 6.59. The Balaban J connectivity index is 1.62. The Hall–Kier alpha value is -3.36. The molecule has 0 aromatic heterocycles. The van der Waals surface area contributed by atoms with Gasteiger partial charge in [-0.3, -0.25) is 4.79 Å². The Kier molecular flexibility index (Phi) is 6.26. The molecule has 1 aliphatic carbocycles. The zero-order chi connectivity index (χ0) is 20.8. The van der Waals surface area contributed by atoms with Gasteiger partial charge in [-0.2, -0.15) is 0 Å². The number of anilines is 1. The minimum atomic E-state index is -0.387. The fourth-order valence-electron chi connectivity index (χ4n) is 2.97. The third-order valence-electron chi connectivity index (χ3n) is 4.49. The maximum Gasteiger partial charge on any atom is 0.235 e. The van der Waals surface area contributed by atoms with Gasteiger partial charge >= 0.3 is 0 Å². The molecule has 30 heavy (non-hydrogen) atoms. The number of Topliss-reactive ketones (excluding diaryl/α,β-unsaturated/α-hetero) is 1. The molecule has 2 heterocycles. The van der Waals surface area contributed by atoms with E-state index in [0.717, 1.165) is 0 Å². The standard InChI is InChI=1S/C22H22N2O6/c25-21-19-22(26)20(21)24-16-6-2-4-8-18(16)30-14-12-28-10-9-27-11-13-29-17-7-3-1-5-15(17)23-19/h1-8,23,25H,9-14H2. The quantitative estimate of drug-likeness (QED) is 0.644. The van der Waals surface area contributed by atoms with Crippen molar-refractivity contribution in [1.82, 2.24) is 0 Å². The topological polar surface area (TPSA) is 98.6 Å². The average molecular weight is 410 g/mol. The summed E-state index contributed by atoms with van der Waals surface area (Å²) in [5, 5.41) is 13.4. The van der Waals surface area contributed by atoms with E-state index in [4.69, 9.17) is 18.9 Å². The molecule has 2 bridgehead atoms. The lowest BCUT2D eigenvalue weighted by atomic mass is 9.97. The van der Waals surface area contributed by atoms with Crippen molar-refractivity contribution in [1.29, 1.82) is 0 Å². The molecule has 0 amide bonds. The molecule has 156 valence electrons. The zero-order valence-corrected chi connectivity index (χ0v) is 16.3. The number of benzene rings is 2. The van der Waals surface area contributed by atoms with Crippen LogP contribution in [0, 0.1) is 0 Å². The van der Waals surface area contributed by atoms with E-state index in [2.05, 4.69) is 10.3 Å². The second kappa shape index (κ2) is 9.43. The summed E-state index contributed by atoms with van der Waals surface area (Å²) in [6.45, 7) is 2.33. The number of allylic oxidation sites excluding steroid dienone is 2. The van der Waals surface area contributed by atoms with Gasteiger partial charge in [0.15, 0.2) is 11.5 Å². The summed E-state index contributed by atoms with van der Waals surface area (Å²) in [6, 6.07) is 14.2. The van der Waals surface area contributed by atoms with Crippen molar-refractivity contribution in [3.05, 3.63) is 60.0 Å². The molecular weight excluding hydrogens is 388 g/mol. The minimum Gasteiger partial charge on any atom is -0.504 e. The first kappa shape index (κ1) is 19.9. The number of aliphatic hydroxyl groups is 1. The van der Waals surface area contributed by atoms with Crippen LogP contribution in [-0.4, -0.2) is 56.2 Å². The predicted octanol–water partition coefficient (Wildman–Crippen LogP) is 3.03. The minimum absolute atomic E-state index is 0.0190. The van der Waals surface area contributed by atoms with E-state index in [-0.39, 0.29) is 23.0 Å². The number of nitrogens with one attached hydrogen (secondary N) is 1. The van der Waals surface area contributed by atoms with Crippen LogP contribution >= 0.6 is 0 Å². The summed E-state index contributed by atoms with van der Waals surface area (Å²) in [6.07, 6.45) is 0. The maximum absolute atomic E-state index is 12.6. The van der Waals surface area contributed by atoms with Crippen LogP contribution in [0.4, 0.5) is 11.4 Å². The van der Waals surface area contributed by atoms with Crippen LogP contribution in [0.5, 0.6) is 11.5 Å². The van der Waals surface area contributed by atoms with Crippen molar-refractivity contribution in [3.63, 3.8) is 0 Å². The van der Waals surface area contributed by atoms with Crippen molar-refractivity contribution >= 4 is 22.9 Å². The molecule has 0 saturated carbocycles. The molecule has 2 aliphatic heterocycles. The SMILES string of the molecule is O=C1C2=Nc3ccccc3OCCOCCOCCOc3ccccc3NC1=C2O. The second-order valence-electron chi connectivity index (χ2n) is 6.52. The molecule has 0 fully saturated rings. The Morgan fingerprint density at radius 1 is 0.800 bits per heavy atom. The number of ketones is 1. The van der Waals surface area contributed by atoms with Crippen molar-refractivity contribution in [2.75, 3.05) is 45.0 Å². The fraction of sp³-hybridized carbons (Fsp3) is 0.273. The van der Waals surface area contributed by atoms with E-state index in [1.165, 1.54) is 0 Å². The molecule has 0 saturated heterocycles. The van der Waals surface area contributed by atoms with Gasteiger partial charge in [0.2, 0.25) is 5.78 Å². The molecule has 0 unspecified atom stereocenters. The number of ether oxygens (including phenoxy) is 4. The summed E-state index contributed by atoms with van der Waals surface area (Å²) in [7, 11) is 0. The lowest BCUT2D eigenvalue weighted by Gasteiger charge is -2.22.